The van der Waals surface area contributed by atoms with Crippen LogP contribution in [-0.2, 0) is 13.0 Å². The first-order chi connectivity index (χ1) is 6.88. The highest BCUT2D eigenvalue weighted by Gasteiger charge is 2.20. The van der Waals surface area contributed by atoms with E-state index in [4.69, 9.17) is 0 Å². The van der Waals surface area contributed by atoms with E-state index >= 15 is 0 Å². The first-order valence-electron chi connectivity index (χ1n) is 5.62. The summed E-state index contributed by atoms with van der Waals surface area (Å²) < 4.78 is 0. The second-order valence-electron chi connectivity index (χ2n) is 4.21. The summed E-state index contributed by atoms with van der Waals surface area (Å²) in [5.41, 5.74) is 2.41. The third-order valence-corrected chi connectivity index (χ3v) is 2.64. The lowest BCUT2D eigenvalue weighted by Gasteiger charge is -1.99. The lowest BCUT2D eigenvalue weighted by Crippen LogP contribution is -2.16. The lowest BCUT2D eigenvalue weighted by molar-refractivity contribution is 0.629. The molecule has 78 valence electrons. The highest BCUT2D eigenvalue weighted by atomic mass is 15.1. The van der Waals surface area contributed by atoms with Crippen LogP contribution < -0.4 is 5.32 Å². The molecule has 0 aliphatic heterocycles. The minimum atomic E-state index is 0.938. The Morgan fingerprint density at radius 3 is 3.14 bits per heavy atom. The average molecular weight is 193 g/mol. The van der Waals surface area contributed by atoms with E-state index < -0.39 is 0 Å². The number of nitrogens with zero attached hydrogens (tertiary/aromatic N) is 1. The molecule has 2 N–H and O–H groups in total. The van der Waals surface area contributed by atoms with Crippen molar-refractivity contribution in [1.82, 2.24) is 15.5 Å². The van der Waals surface area contributed by atoms with E-state index in [1.807, 2.05) is 0 Å². The standard InChI is InChI=1S/C11H19N3/c1-2-3-10-6-11(14-13-10)8-12-7-9-4-5-9/h6,9,12H,2-5,7-8H2,1H3,(H,13,14). The largest absolute Gasteiger partial charge is 0.311 e. The fourth-order valence-electron chi connectivity index (χ4n) is 1.62. The second kappa shape index (κ2) is 4.60. The van der Waals surface area contributed by atoms with Crippen molar-refractivity contribution in [2.24, 2.45) is 5.92 Å². The molecule has 0 atom stereocenters. The van der Waals surface area contributed by atoms with Crippen LogP contribution in [0.2, 0.25) is 0 Å². The summed E-state index contributed by atoms with van der Waals surface area (Å²) >= 11 is 0. The third-order valence-electron chi connectivity index (χ3n) is 2.64. The predicted molar refractivity (Wildman–Crippen MR) is 57.0 cm³/mol. The number of hydrogen-bond acceptors (Lipinski definition) is 2. The molecule has 0 amide bonds. The van der Waals surface area contributed by atoms with Crippen LogP contribution in [0.5, 0.6) is 0 Å². The van der Waals surface area contributed by atoms with E-state index in [1.165, 1.54) is 37.2 Å². The lowest BCUT2D eigenvalue weighted by atomic mass is 10.2. The van der Waals surface area contributed by atoms with E-state index in [0.717, 1.165) is 18.9 Å². The van der Waals surface area contributed by atoms with Gasteiger partial charge in [0.2, 0.25) is 0 Å². The van der Waals surface area contributed by atoms with E-state index in [9.17, 15) is 0 Å². The molecule has 2 rings (SSSR count). The summed E-state index contributed by atoms with van der Waals surface area (Å²) in [7, 11) is 0. The maximum atomic E-state index is 4.25. The fourth-order valence-corrected chi connectivity index (χ4v) is 1.62. The van der Waals surface area contributed by atoms with Crippen molar-refractivity contribution in [3.8, 4) is 0 Å². The van der Waals surface area contributed by atoms with Gasteiger partial charge in [-0.25, -0.2) is 0 Å². The monoisotopic (exact) mass is 193 g/mol. The molecule has 0 spiro atoms. The van der Waals surface area contributed by atoms with E-state index in [-0.39, 0.29) is 0 Å². The molecule has 3 heteroatoms. The molecule has 1 saturated carbocycles. The van der Waals surface area contributed by atoms with Gasteiger partial charge in [0.1, 0.15) is 0 Å². The molecule has 1 aromatic heterocycles. The Balaban J connectivity index is 1.71. The van der Waals surface area contributed by atoms with Gasteiger partial charge < -0.3 is 5.32 Å². The normalized spacial score (nSPS) is 16.1. The highest BCUT2D eigenvalue weighted by molar-refractivity contribution is 5.08. The molecule has 1 aliphatic rings. The van der Waals surface area contributed by atoms with Crippen LogP contribution in [0.15, 0.2) is 6.07 Å². The van der Waals surface area contributed by atoms with E-state index in [1.54, 1.807) is 0 Å². The van der Waals surface area contributed by atoms with Gasteiger partial charge in [-0.05, 0) is 37.8 Å². The molecule has 0 radical (unpaired) electrons. The Bertz CT molecular complexity index is 276. The molecule has 0 saturated heterocycles. The molecule has 0 bridgehead atoms. The van der Waals surface area contributed by atoms with Crippen LogP contribution in [0, 0.1) is 5.92 Å². The van der Waals surface area contributed by atoms with Crippen LogP contribution >= 0.6 is 0 Å². The van der Waals surface area contributed by atoms with Crippen molar-refractivity contribution >= 4 is 0 Å². The van der Waals surface area contributed by atoms with Crippen molar-refractivity contribution in [3.63, 3.8) is 0 Å². The summed E-state index contributed by atoms with van der Waals surface area (Å²) in [6.45, 7) is 4.29. The number of aromatic nitrogens is 2. The summed E-state index contributed by atoms with van der Waals surface area (Å²) in [4.78, 5) is 0. The van der Waals surface area contributed by atoms with Crippen LogP contribution in [0.25, 0.3) is 0 Å². The van der Waals surface area contributed by atoms with Crippen LogP contribution in [0.1, 0.15) is 37.6 Å². The molecular weight excluding hydrogens is 174 g/mol. The number of aryl methyl sites for hydroxylation is 1. The number of nitrogens with one attached hydrogen (secondary N) is 2. The van der Waals surface area contributed by atoms with Crippen molar-refractivity contribution < 1.29 is 0 Å². The molecular formula is C11H19N3. The Labute approximate surface area is 85.3 Å². The summed E-state index contributed by atoms with van der Waals surface area (Å²) in [5.74, 6) is 0.952. The first kappa shape index (κ1) is 9.71. The Morgan fingerprint density at radius 2 is 2.43 bits per heavy atom. The Hall–Kier alpha value is -0.830. The van der Waals surface area contributed by atoms with Crippen molar-refractivity contribution in [2.45, 2.75) is 39.2 Å². The molecule has 1 aromatic rings. The van der Waals surface area contributed by atoms with Crippen LogP contribution in [0.3, 0.4) is 0 Å². The smallest absolute Gasteiger partial charge is 0.0625 e. The van der Waals surface area contributed by atoms with Gasteiger partial charge in [-0.2, -0.15) is 5.10 Å². The topological polar surface area (TPSA) is 40.7 Å². The van der Waals surface area contributed by atoms with E-state index in [0.29, 0.717) is 0 Å². The predicted octanol–water partition coefficient (Wildman–Crippen LogP) is 1.86. The molecule has 1 aliphatic carbocycles. The van der Waals surface area contributed by atoms with Gasteiger partial charge in [-0.1, -0.05) is 13.3 Å². The van der Waals surface area contributed by atoms with Gasteiger partial charge in [0, 0.05) is 12.2 Å². The van der Waals surface area contributed by atoms with Gasteiger partial charge in [0.05, 0.1) is 5.69 Å². The molecule has 14 heavy (non-hydrogen) atoms. The second-order valence-corrected chi connectivity index (χ2v) is 4.21. The number of rotatable bonds is 6. The zero-order valence-electron chi connectivity index (χ0n) is 8.84. The quantitative estimate of drug-likeness (QED) is 0.724. The van der Waals surface area contributed by atoms with Crippen molar-refractivity contribution in [2.75, 3.05) is 6.54 Å². The van der Waals surface area contributed by atoms with Gasteiger partial charge in [-0.15, -0.1) is 0 Å². The number of H-pyrrole nitrogens is 1. The molecule has 3 nitrogen and oxygen atoms in total. The fraction of sp³-hybridized carbons (Fsp3) is 0.727. The first-order valence-corrected chi connectivity index (χ1v) is 5.62. The minimum absolute atomic E-state index is 0.938. The zero-order chi connectivity index (χ0) is 9.80. The molecule has 0 aromatic carbocycles. The van der Waals surface area contributed by atoms with Crippen molar-refractivity contribution in [3.05, 3.63) is 17.5 Å². The average Bonchev–Trinajstić information content (AvgIpc) is 2.88. The minimum Gasteiger partial charge on any atom is -0.311 e. The number of hydrogen-bond donors (Lipinski definition) is 2. The summed E-state index contributed by atoms with van der Waals surface area (Å²) in [6, 6.07) is 2.17. The van der Waals surface area contributed by atoms with Gasteiger partial charge >= 0.3 is 0 Å². The summed E-state index contributed by atoms with van der Waals surface area (Å²) in [5, 5.41) is 10.8. The van der Waals surface area contributed by atoms with Gasteiger partial charge in [0.15, 0.2) is 0 Å². The zero-order valence-corrected chi connectivity index (χ0v) is 8.84. The molecule has 0 unspecified atom stereocenters. The van der Waals surface area contributed by atoms with Crippen molar-refractivity contribution in [1.29, 1.82) is 0 Å². The van der Waals surface area contributed by atoms with Gasteiger partial charge in [-0.3, -0.25) is 5.10 Å². The SMILES string of the molecule is CCCc1cc(CNCC2CC2)[nH]n1. The maximum absolute atomic E-state index is 4.25. The van der Waals surface area contributed by atoms with Crippen LogP contribution in [0.4, 0.5) is 0 Å². The Kier molecular flexibility index (Phi) is 3.19. The molecule has 1 heterocycles. The highest BCUT2D eigenvalue weighted by Crippen LogP contribution is 2.27. The van der Waals surface area contributed by atoms with Gasteiger partial charge in [0.25, 0.3) is 0 Å². The third kappa shape index (κ3) is 2.84. The number of aromatic amines is 1. The molecule has 1 fully saturated rings. The summed E-state index contributed by atoms with van der Waals surface area (Å²) in [6.07, 6.45) is 5.08. The van der Waals surface area contributed by atoms with Crippen LogP contribution in [-0.4, -0.2) is 16.7 Å². The maximum Gasteiger partial charge on any atom is 0.0625 e. The van der Waals surface area contributed by atoms with E-state index in [2.05, 4.69) is 28.5 Å². The Morgan fingerprint density at radius 1 is 1.57 bits per heavy atom.